The second kappa shape index (κ2) is 26.9. The largest absolute Gasteiger partial charge is 0.481 e. The molecule has 0 bridgehead atoms. The SMILES string of the molecule is O=C(O)CC1(CNC(=O)OC2CCCCC(=O)O2)CCCCC1.O=C(O)CC1(CNC(=O)OC2OC(=O)c3ccccc32)CCCCC1.O=C(O)CC1(CNC(=O)O[C@@H]2CCCC(=O)C2)CCCCC1. The quantitative estimate of drug-likeness (QED) is 0.0712. The first kappa shape index (κ1) is 55.0. The number of fused-ring (bicyclic) bond motifs is 1. The average Bonchev–Trinajstić information content (AvgIpc) is 3.47. The van der Waals surface area contributed by atoms with Crippen molar-refractivity contribution in [3.8, 4) is 0 Å². The van der Waals surface area contributed by atoms with Crippen molar-refractivity contribution in [2.75, 3.05) is 19.6 Å². The van der Waals surface area contributed by atoms with Crippen molar-refractivity contribution in [2.45, 2.75) is 186 Å². The van der Waals surface area contributed by atoms with Crippen LogP contribution in [-0.2, 0) is 47.7 Å². The molecule has 2 unspecified atom stereocenters. The normalized spacial score (nSPS) is 23.2. The van der Waals surface area contributed by atoms with Crippen molar-refractivity contribution >= 4 is 53.9 Å². The fraction of sp³-hybridized carbons (Fsp3) is 0.700. The molecule has 70 heavy (non-hydrogen) atoms. The highest BCUT2D eigenvalue weighted by molar-refractivity contribution is 5.94. The molecule has 1 saturated heterocycles. The van der Waals surface area contributed by atoms with Gasteiger partial charge in [-0.3, -0.25) is 24.0 Å². The fourth-order valence-corrected chi connectivity index (χ4v) is 10.6. The van der Waals surface area contributed by atoms with Crippen LogP contribution in [-0.4, -0.2) is 101 Å². The highest BCUT2D eigenvalue weighted by Gasteiger charge is 2.39. The molecule has 388 valence electrons. The van der Waals surface area contributed by atoms with Crippen LogP contribution in [0.25, 0.3) is 0 Å². The topological polar surface area (TPSA) is 297 Å². The Kier molecular flexibility index (Phi) is 21.1. The molecule has 1 aromatic rings. The number of carboxylic acids is 3. The van der Waals surface area contributed by atoms with Gasteiger partial charge in [0.2, 0.25) is 6.29 Å². The van der Waals surface area contributed by atoms with Crippen LogP contribution in [0.3, 0.4) is 0 Å². The number of carbonyl (C=O) groups excluding carboxylic acids is 6. The predicted octanol–water partition coefficient (Wildman–Crippen LogP) is 8.24. The molecule has 6 aliphatic rings. The molecule has 0 spiro atoms. The summed E-state index contributed by atoms with van der Waals surface area (Å²) < 4.78 is 25.8. The molecule has 6 N–H and O–H groups in total. The number of ether oxygens (including phenoxy) is 5. The average molecular weight is 986 g/mol. The van der Waals surface area contributed by atoms with Crippen LogP contribution in [0.4, 0.5) is 14.4 Å². The van der Waals surface area contributed by atoms with Crippen LogP contribution >= 0.6 is 0 Å². The van der Waals surface area contributed by atoms with E-state index in [-0.39, 0.29) is 55.6 Å². The minimum absolute atomic E-state index is 0.0223. The van der Waals surface area contributed by atoms with E-state index in [1.54, 1.807) is 24.3 Å². The zero-order chi connectivity index (χ0) is 50.6. The summed E-state index contributed by atoms with van der Waals surface area (Å²) in [5.74, 6) is -3.28. The standard InChI is InChI=1S/C18H21NO6.C16H25NO6.C16H25NO5/c20-14(21)10-18(8-4-1-5-9-18)11-19-17(23)25-16-13-7-3-2-6-12(13)15(22)24-16;18-12(19)10-16(8-4-1-5-9-16)11-17-15(21)23-14-7-3-2-6-13(20)22-14;18-12-5-4-6-13(9-12)22-15(21)17-11-16(10-14(19)20)7-2-1-3-8-16/h2-3,6-7,16H,1,4-5,8-11H2,(H,19,23)(H,20,21);14H,1-11H2,(H,17,21)(H,18,19);13H,1-11H2,(H,17,21)(H,19,20)/t;;13-/m..1/s1. The Morgan fingerprint density at radius 1 is 0.543 bits per heavy atom. The number of carboxylic acid groups (broad SMARTS) is 3. The van der Waals surface area contributed by atoms with Gasteiger partial charge in [-0.2, -0.15) is 0 Å². The third kappa shape index (κ3) is 18.1. The lowest BCUT2D eigenvalue weighted by Gasteiger charge is -2.36. The summed E-state index contributed by atoms with van der Waals surface area (Å²) in [4.78, 5) is 104. The number of hydrogen-bond acceptors (Lipinski definition) is 14. The van der Waals surface area contributed by atoms with Crippen molar-refractivity contribution in [3.63, 3.8) is 0 Å². The number of aliphatic carboxylic acids is 3. The van der Waals surface area contributed by atoms with Gasteiger partial charge in [0.1, 0.15) is 11.9 Å². The van der Waals surface area contributed by atoms with E-state index in [2.05, 4.69) is 16.0 Å². The second-order valence-electron chi connectivity index (χ2n) is 19.9. The molecule has 0 aromatic heterocycles. The number of hydrogen-bond donors (Lipinski definition) is 6. The molecular weight excluding hydrogens is 915 g/mol. The minimum Gasteiger partial charge on any atom is -0.481 e. The first-order chi connectivity index (χ1) is 33.5. The molecule has 2 heterocycles. The molecule has 5 fully saturated rings. The fourth-order valence-electron chi connectivity index (χ4n) is 10.6. The molecule has 1 aromatic carbocycles. The molecule has 3 amide bonds. The predicted molar refractivity (Wildman–Crippen MR) is 247 cm³/mol. The van der Waals surface area contributed by atoms with E-state index in [9.17, 15) is 43.2 Å². The van der Waals surface area contributed by atoms with Gasteiger partial charge in [0.05, 0.1) is 24.8 Å². The van der Waals surface area contributed by atoms with Crippen molar-refractivity contribution in [3.05, 3.63) is 35.4 Å². The van der Waals surface area contributed by atoms with Crippen LogP contribution in [0, 0.1) is 16.2 Å². The Labute approximate surface area is 408 Å². The van der Waals surface area contributed by atoms with E-state index in [0.29, 0.717) is 43.4 Å². The van der Waals surface area contributed by atoms with Crippen LogP contribution in [0.5, 0.6) is 0 Å². The third-order valence-electron chi connectivity index (χ3n) is 14.3. The maximum absolute atomic E-state index is 12.1. The maximum Gasteiger partial charge on any atom is 0.410 e. The smallest absolute Gasteiger partial charge is 0.410 e. The Hall–Kier alpha value is -5.95. The third-order valence-corrected chi connectivity index (χ3v) is 14.3. The number of alkyl carbamates (subject to hydrolysis) is 3. The van der Waals surface area contributed by atoms with Gasteiger partial charge in [-0.15, -0.1) is 0 Å². The number of nitrogens with one attached hydrogen (secondary N) is 3. The molecule has 7 rings (SSSR count). The number of carbonyl (C=O) groups is 9. The monoisotopic (exact) mass is 985 g/mol. The summed E-state index contributed by atoms with van der Waals surface area (Å²) >= 11 is 0. The van der Waals surface area contributed by atoms with Crippen molar-refractivity contribution in [1.29, 1.82) is 0 Å². The number of cyclic esters (lactones) is 2. The molecule has 4 saturated carbocycles. The lowest BCUT2D eigenvalue weighted by atomic mass is 9.72. The Morgan fingerprint density at radius 2 is 1.01 bits per heavy atom. The van der Waals surface area contributed by atoms with Gasteiger partial charge in [0.15, 0.2) is 0 Å². The minimum atomic E-state index is -1.06. The van der Waals surface area contributed by atoms with E-state index in [0.717, 1.165) is 122 Å². The van der Waals surface area contributed by atoms with Crippen molar-refractivity contribution in [1.82, 2.24) is 16.0 Å². The van der Waals surface area contributed by atoms with Gasteiger partial charge < -0.3 is 55.0 Å². The van der Waals surface area contributed by atoms with Gasteiger partial charge in [0.25, 0.3) is 6.29 Å². The highest BCUT2D eigenvalue weighted by Crippen LogP contribution is 2.41. The number of esters is 2. The molecular formula is C50H71N3O17. The Morgan fingerprint density at radius 3 is 1.50 bits per heavy atom. The summed E-state index contributed by atoms with van der Waals surface area (Å²) in [5.41, 5.74) is -0.294. The zero-order valence-corrected chi connectivity index (χ0v) is 40.1. The van der Waals surface area contributed by atoms with Crippen LogP contribution in [0.2, 0.25) is 0 Å². The molecule has 3 atom stereocenters. The summed E-state index contributed by atoms with van der Waals surface area (Å²) in [6.45, 7) is 0.845. The highest BCUT2D eigenvalue weighted by atomic mass is 16.7. The molecule has 4 aliphatic carbocycles. The Balaban J connectivity index is 0.000000196. The number of amides is 3. The first-order valence-corrected chi connectivity index (χ1v) is 25.0. The number of benzene rings is 1. The molecule has 2 aliphatic heterocycles. The van der Waals surface area contributed by atoms with Crippen molar-refractivity contribution < 1.29 is 82.2 Å². The Bertz CT molecular complexity index is 1990. The van der Waals surface area contributed by atoms with Crippen LogP contribution in [0.15, 0.2) is 24.3 Å². The van der Waals surface area contributed by atoms with E-state index in [1.807, 2.05) is 0 Å². The van der Waals surface area contributed by atoms with Crippen LogP contribution < -0.4 is 16.0 Å². The molecule has 20 nitrogen and oxygen atoms in total. The van der Waals surface area contributed by atoms with E-state index in [1.165, 1.54) is 0 Å². The number of rotatable bonds is 15. The van der Waals surface area contributed by atoms with E-state index >= 15 is 0 Å². The van der Waals surface area contributed by atoms with E-state index in [4.69, 9.17) is 39.0 Å². The zero-order valence-electron chi connectivity index (χ0n) is 40.1. The number of ketones is 1. The van der Waals surface area contributed by atoms with Gasteiger partial charge >= 0.3 is 48.1 Å². The molecule has 20 heteroatoms. The van der Waals surface area contributed by atoms with Gasteiger partial charge in [0, 0.05) is 50.9 Å². The lowest BCUT2D eigenvalue weighted by molar-refractivity contribution is -0.166. The molecule has 0 radical (unpaired) electrons. The van der Waals surface area contributed by atoms with Crippen molar-refractivity contribution in [2.24, 2.45) is 16.2 Å². The summed E-state index contributed by atoms with van der Waals surface area (Å²) in [7, 11) is 0. The van der Waals surface area contributed by atoms with Gasteiger partial charge in [-0.1, -0.05) is 76.0 Å². The maximum atomic E-state index is 12.1. The second-order valence-corrected chi connectivity index (χ2v) is 19.9. The summed E-state index contributed by atoms with van der Waals surface area (Å²) in [5, 5.41) is 35.4. The van der Waals surface area contributed by atoms with Gasteiger partial charge in [-0.25, -0.2) is 19.2 Å². The van der Waals surface area contributed by atoms with Crippen LogP contribution in [0.1, 0.15) is 189 Å². The lowest BCUT2D eigenvalue weighted by Crippen LogP contribution is -2.42. The summed E-state index contributed by atoms with van der Waals surface area (Å²) in [6, 6.07) is 6.73. The first-order valence-electron chi connectivity index (χ1n) is 25.0. The van der Waals surface area contributed by atoms with Gasteiger partial charge in [-0.05, 0) is 86.5 Å². The summed E-state index contributed by atoms with van der Waals surface area (Å²) in [6.07, 6.45) is 14.6. The number of Topliss-reactive ketones (excluding diaryl/α,β-unsaturated/α-hetero) is 1. The van der Waals surface area contributed by atoms with E-state index < -0.39 is 65.6 Å².